The molecule has 2 aromatic carbocycles. The first kappa shape index (κ1) is 18.1. The van der Waals surface area contributed by atoms with Crippen molar-refractivity contribution in [3.8, 4) is 11.5 Å². The van der Waals surface area contributed by atoms with Crippen LogP contribution in [0.4, 0.5) is 5.69 Å². The molecule has 0 bridgehead atoms. The highest BCUT2D eigenvalue weighted by Crippen LogP contribution is 2.38. The van der Waals surface area contributed by atoms with Gasteiger partial charge in [-0.1, -0.05) is 53.2 Å². The van der Waals surface area contributed by atoms with E-state index in [0.717, 1.165) is 0 Å². The van der Waals surface area contributed by atoms with Gasteiger partial charge in [-0.2, -0.15) is 0 Å². The third kappa shape index (κ3) is 3.62. The van der Waals surface area contributed by atoms with Gasteiger partial charge in [0.05, 0.1) is 27.7 Å². The van der Waals surface area contributed by atoms with Gasteiger partial charge in [-0.3, -0.25) is 9.69 Å². The first-order chi connectivity index (χ1) is 11.9. The van der Waals surface area contributed by atoms with Crippen molar-refractivity contribution in [2.24, 2.45) is 0 Å². The second-order valence-corrected chi connectivity index (χ2v) is 7.54. The van der Waals surface area contributed by atoms with Crippen molar-refractivity contribution in [2.75, 3.05) is 12.0 Å². The van der Waals surface area contributed by atoms with Crippen LogP contribution in [0, 0.1) is 0 Å². The Morgan fingerprint density at radius 2 is 1.96 bits per heavy atom. The van der Waals surface area contributed by atoms with Gasteiger partial charge >= 0.3 is 0 Å². The number of methoxy groups -OCH3 is 1. The summed E-state index contributed by atoms with van der Waals surface area (Å²) in [5, 5.41) is 10.4. The van der Waals surface area contributed by atoms with Gasteiger partial charge < -0.3 is 9.84 Å². The highest BCUT2D eigenvalue weighted by atomic mass is 35.5. The number of aromatic hydroxyl groups is 1. The average Bonchev–Trinajstić information content (AvgIpc) is 2.86. The predicted octanol–water partition coefficient (Wildman–Crippen LogP) is 5.11. The molecule has 0 spiro atoms. The number of hydrogen-bond acceptors (Lipinski definition) is 5. The van der Waals surface area contributed by atoms with Crippen molar-refractivity contribution in [3.63, 3.8) is 0 Å². The van der Waals surface area contributed by atoms with E-state index in [4.69, 9.17) is 40.2 Å². The standard InChI is InChI=1S/C17H11Cl2NO3S2/c1-23-14-6-9(2-5-13(14)21)7-15-16(22)20(17(24)25-15)10-3-4-11(18)12(19)8-10/h2-8,21H,1H3/b15-7+. The lowest BCUT2D eigenvalue weighted by Crippen LogP contribution is -2.27. The van der Waals surface area contributed by atoms with Crippen LogP contribution in [0.2, 0.25) is 10.0 Å². The van der Waals surface area contributed by atoms with Gasteiger partial charge in [0, 0.05) is 0 Å². The summed E-state index contributed by atoms with van der Waals surface area (Å²) in [6, 6.07) is 9.73. The Hall–Kier alpha value is -1.73. The van der Waals surface area contributed by atoms with Gasteiger partial charge in [-0.15, -0.1) is 0 Å². The molecule has 0 aromatic heterocycles. The number of carbonyl (C=O) groups is 1. The van der Waals surface area contributed by atoms with E-state index in [2.05, 4.69) is 0 Å². The minimum absolute atomic E-state index is 0.0306. The van der Waals surface area contributed by atoms with Crippen LogP contribution in [0.25, 0.3) is 6.08 Å². The zero-order chi connectivity index (χ0) is 18.1. The number of anilines is 1. The van der Waals surface area contributed by atoms with Crippen LogP contribution in [0.3, 0.4) is 0 Å². The highest BCUT2D eigenvalue weighted by molar-refractivity contribution is 8.27. The molecule has 1 aliphatic heterocycles. The number of phenolic OH excluding ortho intramolecular Hbond substituents is 1. The minimum atomic E-state index is -0.250. The lowest BCUT2D eigenvalue weighted by molar-refractivity contribution is -0.113. The number of carbonyl (C=O) groups excluding carboxylic acids is 1. The van der Waals surface area contributed by atoms with Crippen molar-refractivity contribution in [1.29, 1.82) is 0 Å². The molecule has 2 aromatic rings. The number of halogens is 2. The number of hydrogen-bond donors (Lipinski definition) is 1. The van der Waals surface area contributed by atoms with Gasteiger partial charge in [0.25, 0.3) is 5.91 Å². The summed E-state index contributed by atoms with van der Waals surface area (Å²) < 4.78 is 5.48. The van der Waals surface area contributed by atoms with Crippen LogP contribution in [-0.2, 0) is 4.79 Å². The Balaban J connectivity index is 1.94. The fourth-order valence-corrected chi connectivity index (χ4v) is 3.84. The van der Waals surface area contributed by atoms with E-state index in [1.807, 2.05) is 0 Å². The topological polar surface area (TPSA) is 49.8 Å². The number of amides is 1. The second kappa shape index (κ2) is 7.25. The van der Waals surface area contributed by atoms with Crippen molar-refractivity contribution in [1.82, 2.24) is 0 Å². The lowest BCUT2D eigenvalue weighted by atomic mass is 10.2. The molecule has 1 N–H and O–H groups in total. The van der Waals surface area contributed by atoms with Gasteiger partial charge in [-0.05, 0) is 42.0 Å². The summed E-state index contributed by atoms with van der Waals surface area (Å²) in [6.07, 6.45) is 1.69. The molecule has 1 amide bonds. The summed E-state index contributed by atoms with van der Waals surface area (Å²) >= 11 is 18.5. The molecule has 8 heteroatoms. The molecule has 4 nitrogen and oxygen atoms in total. The zero-order valence-corrected chi connectivity index (χ0v) is 16.0. The zero-order valence-electron chi connectivity index (χ0n) is 12.8. The van der Waals surface area contributed by atoms with Crippen LogP contribution in [-0.4, -0.2) is 22.4 Å². The first-order valence-corrected chi connectivity index (χ1v) is 8.99. The number of nitrogens with zero attached hydrogens (tertiary/aromatic N) is 1. The maximum atomic E-state index is 12.7. The number of phenols is 1. The van der Waals surface area contributed by atoms with Crippen LogP contribution in [0.1, 0.15) is 5.56 Å². The summed E-state index contributed by atoms with van der Waals surface area (Å²) in [5.41, 5.74) is 1.27. The van der Waals surface area contributed by atoms with E-state index in [1.54, 1.807) is 36.4 Å². The Morgan fingerprint density at radius 1 is 1.20 bits per heavy atom. The van der Waals surface area contributed by atoms with E-state index in [-0.39, 0.29) is 11.7 Å². The van der Waals surface area contributed by atoms with Crippen LogP contribution >= 0.6 is 47.2 Å². The smallest absolute Gasteiger partial charge is 0.270 e. The maximum absolute atomic E-state index is 12.7. The van der Waals surface area contributed by atoms with Crippen molar-refractivity contribution in [3.05, 3.63) is 56.9 Å². The molecule has 0 unspecified atom stereocenters. The molecule has 1 heterocycles. The predicted molar refractivity (Wildman–Crippen MR) is 107 cm³/mol. The second-order valence-electron chi connectivity index (χ2n) is 5.05. The van der Waals surface area contributed by atoms with Crippen molar-refractivity contribution < 1.29 is 14.6 Å². The molecule has 1 saturated heterocycles. The molecular weight excluding hydrogens is 401 g/mol. The third-order valence-electron chi connectivity index (χ3n) is 3.46. The number of benzene rings is 2. The van der Waals surface area contributed by atoms with Crippen LogP contribution in [0.15, 0.2) is 41.3 Å². The van der Waals surface area contributed by atoms with Crippen molar-refractivity contribution >= 4 is 69.2 Å². The Morgan fingerprint density at radius 3 is 2.64 bits per heavy atom. The van der Waals surface area contributed by atoms with E-state index in [0.29, 0.717) is 36.3 Å². The molecule has 3 rings (SSSR count). The third-order valence-corrected chi connectivity index (χ3v) is 5.50. The van der Waals surface area contributed by atoms with E-state index in [9.17, 15) is 9.90 Å². The average molecular weight is 412 g/mol. The van der Waals surface area contributed by atoms with Crippen molar-refractivity contribution in [2.45, 2.75) is 0 Å². The van der Waals surface area contributed by atoms with Gasteiger partial charge in [0.1, 0.15) is 0 Å². The van der Waals surface area contributed by atoms with Crippen LogP contribution < -0.4 is 9.64 Å². The number of rotatable bonds is 3. The number of thioether (sulfide) groups is 1. The summed E-state index contributed by atoms with van der Waals surface area (Å²) in [5.74, 6) is 0.108. The quantitative estimate of drug-likeness (QED) is 0.561. The van der Waals surface area contributed by atoms with E-state index >= 15 is 0 Å². The molecule has 0 saturated carbocycles. The largest absolute Gasteiger partial charge is 0.504 e. The Kier molecular flexibility index (Phi) is 5.24. The fraction of sp³-hybridized carbons (Fsp3) is 0.0588. The fourth-order valence-electron chi connectivity index (χ4n) is 2.25. The summed E-state index contributed by atoms with van der Waals surface area (Å²) in [6.45, 7) is 0. The maximum Gasteiger partial charge on any atom is 0.270 e. The molecule has 0 aliphatic carbocycles. The molecule has 1 fully saturated rings. The molecule has 25 heavy (non-hydrogen) atoms. The lowest BCUT2D eigenvalue weighted by Gasteiger charge is -2.15. The van der Waals surface area contributed by atoms with Crippen LogP contribution in [0.5, 0.6) is 11.5 Å². The van der Waals surface area contributed by atoms with Gasteiger partial charge in [0.2, 0.25) is 0 Å². The summed E-state index contributed by atoms with van der Waals surface area (Å²) in [7, 11) is 1.46. The SMILES string of the molecule is COc1cc(/C=C2/SC(=S)N(c3ccc(Cl)c(Cl)c3)C2=O)ccc1O. The summed E-state index contributed by atoms with van der Waals surface area (Å²) in [4.78, 5) is 14.6. The van der Waals surface area contributed by atoms with Gasteiger partial charge in [0.15, 0.2) is 15.8 Å². The van der Waals surface area contributed by atoms with E-state index in [1.165, 1.54) is 29.8 Å². The molecule has 0 atom stereocenters. The molecular formula is C17H11Cl2NO3S2. The number of ether oxygens (including phenoxy) is 1. The molecule has 128 valence electrons. The minimum Gasteiger partial charge on any atom is -0.504 e. The Labute approximate surface area is 164 Å². The monoisotopic (exact) mass is 411 g/mol. The molecule has 1 aliphatic rings. The molecule has 0 radical (unpaired) electrons. The first-order valence-electron chi connectivity index (χ1n) is 7.00. The normalized spacial score (nSPS) is 16.0. The van der Waals surface area contributed by atoms with Gasteiger partial charge in [-0.25, -0.2) is 0 Å². The van der Waals surface area contributed by atoms with E-state index < -0.39 is 0 Å². The Bertz CT molecular complexity index is 915. The highest BCUT2D eigenvalue weighted by Gasteiger charge is 2.33. The number of thiocarbonyl (C=S) groups is 1.